The second kappa shape index (κ2) is 5.87. The maximum Gasteiger partial charge on any atom is 0.309 e. The highest BCUT2D eigenvalue weighted by Gasteiger charge is 2.36. The van der Waals surface area contributed by atoms with Crippen LogP contribution in [0.4, 0.5) is 0 Å². The molecule has 18 heavy (non-hydrogen) atoms. The van der Waals surface area contributed by atoms with E-state index in [4.69, 9.17) is 4.74 Å². The van der Waals surface area contributed by atoms with Gasteiger partial charge in [-0.3, -0.25) is 4.79 Å². The number of hydrogen-bond donors (Lipinski definition) is 1. The van der Waals surface area contributed by atoms with Gasteiger partial charge in [-0.25, -0.2) is 0 Å². The largest absolute Gasteiger partial charge is 0.459 e. The van der Waals surface area contributed by atoms with Gasteiger partial charge >= 0.3 is 5.97 Å². The maximum absolute atomic E-state index is 12.2. The molecule has 1 fully saturated rings. The third-order valence-corrected chi connectivity index (χ3v) is 4.39. The van der Waals surface area contributed by atoms with Crippen molar-refractivity contribution >= 4 is 5.97 Å². The van der Waals surface area contributed by atoms with E-state index in [-0.39, 0.29) is 17.5 Å². The van der Waals surface area contributed by atoms with Gasteiger partial charge < -0.3 is 10.1 Å². The highest BCUT2D eigenvalue weighted by Crippen LogP contribution is 2.30. The van der Waals surface area contributed by atoms with Crippen LogP contribution in [0.5, 0.6) is 0 Å². The van der Waals surface area contributed by atoms with E-state index in [0.717, 1.165) is 45.2 Å². The molecule has 1 aliphatic carbocycles. The van der Waals surface area contributed by atoms with Crippen molar-refractivity contribution in [3.63, 3.8) is 0 Å². The topological polar surface area (TPSA) is 42.9 Å². The van der Waals surface area contributed by atoms with Crippen LogP contribution in [0.25, 0.3) is 0 Å². The minimum atomic E-state index is -0.299. The lowest BCUT2D eigenvalue weighted by Gasteiger charge is -2.36. The number of carbonyl (C=O) groups excluding carboxylic acids is 1. The van der Waals surface area contributed by atoms with Gasteiger partial charge in [0.05, 0.1) is 19.0 Å². The third kappa shape index (κ3) is 3.35. The summed E-state index contributed by atoms with van der Waals surface area (Å²) >= 11 is 0. The van der Waals surface area contributed by atoms with Crippen molar-refractivity contribution in [2.45, 2.75) is 51.6 Å². The summed E-state index contributed by atoms with van der Waals surface area (Å²) < 4.78 is 5.83. The lowest BCUT2D eigenvalue weighted by molar-refractivity contribution is -0.665. The third-order valence-electron chi connectivity index (χ3n) is 4.39. The predicted molar refractivity (Wildman–Crippen MR) is 71.0 cm³/mol. The fraction of sp³-hybridized carbons (Fsp3) is 0.800. The lowest BCUT2D eigenvalue weighted by atomic mass is 9.83. The molecule has 1 aliphatic heterocycles. The molecule has 0 spiro atoms. The van der Waals surface area contributed by atoms with Gasteiger partial charge in [-0.15, -0.1) is 0 Å². The number of ether oxygens (including phenoxy) is 1. The molecule has 0 radical (unpaired) electrons. The molecule has 3 heteroatoms. The van der Waals surface area contributed by atoms with Crippen LogP contribution >= 0.6 is 0 Å². The second-order valence-corrected chi connectivity index (χ2v) is 6.15. The van der Waals surface area contributed by atoms with Gasteiger partial charge in [-0.1, -0.05) is 12.2 Å². The Kier molecular flexibility index (Phi) is 4.44. The molecule has 0 amide bonds. The normalized spacial score (nSPS) is 26.0. The molecule has 2 N–H and O–H groups in total. The van der Waals surface area contributed by atoms with Gasteiger partial charge in [-0.2, -0.15) is 0 Å². The van der Waals surface area contributed by atoms with E-state index >= 15 is 0 Å². The summed E-state index contributed by atoms with van der Waals surface area (Å²) in [5.41, 5.74) is -0.299. The Morgan fingerprint density at radius 2 is 1.94 bits per heavy atom. The number of carbonyl (C=O) groups is 1. The summed E-state index contributed by atoms with van der Waals surface area (Å²) in [5, 5.41) is 2.35. The summed E-state index contributed by atoms with van der Waals surface area (Å²) in [6.07, 6.45) is 9.40. The monoisotopic (exact) mass is 252 g/mol. The standard InChI is InChI=1S/C15H25NO2/c1-15(2,13-8-10-16-11-9-13)18-14(17)12-6-4-3-5-7-12/h3-4,12-13,16H,5-11H2,1-2H3/p+1. The summed E-state index contributed by atoms with van der Waals surface area (Å²) in [4.78, 5) is 12.2. The Labute approximate surface area is 110 Å². The van der Waals surface area contributed by atoms with Gasteiger partial charge in [0.25, 0.3) is 0 Å². The number of nitrogens with two attached hydrogens (primary N) is 1. The molecule has 0 aromatic rings. The fourth-order valence-corrected chi connectivity index (χ4v) is 3.06. The molecular formula is C15H26NO2+. The SMILES string of the molecule is CC(C)(OC(=O)C1CC=CCC1)C1CC[NH2+]CC1. The molecule has 0 aromatic carbocycles. The van der Waals surface area contributed by atoms with Gasteiger partial charge in [0.1, 0.15) is 5.60 Å². The van der Waals surface area contributed by atoms with Crippen LogP contribution in [-0.4, -0.2) is 24.7 Å². The van der Waals surface area contributed by atoms with E-state index in [1.807, 2.05) is 0 Å². The van der Waals surface area contributed by atoms with Gasteiger partial charge in [0.2, 0.25) is 0 Å². The van der Waals surface area contributed by atoms with Crippen LogP contribution in [0, 0.1) is 11.8 Å². The van der Waals surface area contributed by atoms with E-state index < -0.39 is 0 Å². The minimum Gasteiger partial charge on any atom is -0.459 e. The number of esters is 1. The Balaban J connectivity index is 1.89. The lowest BCUT2D eigenvalue weighted by Crippen LogP contribution is -2.86. The van der Waals surface area contributed by atoms with E-state index in [1.54, 1.807) is 0 Å². The first-order valence-corrected chi connectivity index (χ1v) is 7.29. The molecule has 0 bridgehead atoms. The number of piperidine rings is 1. The Hall–Kier alpha value is -0.830. The van der Waals surface area contributed by atoms with Crippen LogP contribution in [0.15, 0.2) is 12.2 Å². The van der Waals surface area contributed by atoms with Crippen molar-refractivity contribution in [1.29, 1.82) is 0 Å². The molecule has 102 valence electrons. The summed E-state index contributed by atoms with van der Waals surface area (Å²) in [6, 6.07) is 0. The maximum atomic E-state index is 12.2. The molecule has 3 nitrogen and oxygen atoms in total. The molecule has 2 rings (SSSR count). The molecule has 2 aliphatic rings. The first kappa shape index (κ1) is 13.6. The number of quaternary nitrogens is 1. The summed E-state index contributed by atoms with van der Waals surface area (Å²) in [5.74, 6) is 0.619. The van der Waals surface area contributed by atoms with Crippen molar-refractivity contribution in [1.82, 2.24) is 0 Å². The van der Waals surface area contributed by atoms with Gasteiger partial charge in [0, 0.05) is 18.8 Å². The van der Waals surface area contributed by atoms with Crippen molar-refractivity contribution in [2.24, 2.45) is 11.8 Å². The number of allylic oxidation sites excluding steroid dienone is 2. The number of hydrogen-bond acceptors (Lipinski definition) is 2. The van der Waals surface area contributed by atoms with Gasteiger partial charge in [0.15, 0.2) is 0 Å². The van der Waals surface area contributed by atoms with Crippen LogP contribution < -0.4 is 5.32 Å². The summed E-state index contributed by atoms with van der Waals surface area (Å²) in [6.45, 7) is 6.49. The highest BCUT2D eigenvalue weighted by molar-refractivity contribution is 5.73. The van der Waals surface area contributed by atoms with E-state index in [9.17, 15) is 4.79 Å². The quantitative estimate of drug-likeness (QED) is 0.613. The van der Waals surface area contributed by atoms with Crippen molar-refractivity contribution in [3.8, 4) is 0 Å². The average molecular weight is 252 g/mol. The number of rotatable bonds is 3. The first-order valence-electron chi connectivity index (χ1n) is 7.29. The predicted octanol–water partition coefficient (Wildman–Crippen LogP) is 1.64. The average Bonchev–Trinajstić information content (AvgIpc) is 2.40. The molecule has 0 aromatic heterocycles. The zero-order chi connectivity index (χ0) is 13.0. The van der Waals surface area contributed by atoms with Crippen molar-refractivity contribution in [2.75, 3.05) is 13.1 Å². The second-order valence-electron chi connectivity index (χ2n) is 6.15. The van der Waals surface area contributed by atoms with E-state index in [0.29, 0.717) is 5.92 Å². The molecule has 1 atom stereocenters. The van der Waals surface area contributed by atoms with Crippen LogP contribution in [0.3, 0.4) is 0 Å². The molecule has 1 heterocycles. The zero-order valence-corrected chi connectivity index (χ0v) is 11.7. The van der Waals surface area contributed by atoms with Crippen molar-refractivity contribution < 1.29 is 14.8 Å². The molecule has 1 saturated heterocycles. The van der Waals surface area contributed by atoms with Crippen LogP contribution in [0.2, 0.25) is 0 Å². The first-order chi connectivity index (χ1) is 8.59. The van der Waals surface area contributed by atoms with Crippen LogP contribution in [0.1, 0.15) is 46.0 Å². The zero-order valence-electron chi connectivity index (χ0n) is 11.7. The Morgan fingerprint density at radius 3 is 2.56 bits per heavy atom. The van der Waals surface area contributed by atoms with Gasteiger partial charge in [-0.05, 0) is 33.1 Å². The molecular weight excluding hydrogens is 226 g/mol. The highest BCUT2D eigenvalue weighted by atomic mass is 16.6. The Bertz CT molecular complexity index is 316. The van der Waals surface area contributed by atoms with Crippen molar-refractivity contribution in [3.05, 3.63) is 12.2 Å². The molecule has 0 saturated carbocycles. The molecule has 1 unspecified atom stereocenters. The smallest absolute Gasteiger partial charge is 0.309 e. The Morgan fingerprint density at radius 1 is 1.22 bits per heavy atom. The van der Waals surface area contributed by atoms with Crippen LogP contribution in [-0.2, 0) is 9.53 Å². The van der Waals surface area contributed by atoms with E-state index in [2.05, 4.69) is 31.3 Å². The minimum absolute atomic E-state index is 0.0129. The van der Waals surface area contributed by atoms with E-state index in [1.165, 1.54) is 0 Å². The summed E-state index contributed by atoms with van der Waals surface area (Å²) in [7, 11) is 0. The fourth-order valence-electron chi connectivity index (χ4n) is 3.06.